The molecule has 0 aromatic carbocycles. The van der Waals surface area contributed by atoms with Gasteiger partial charge in [-0.25, -0.2) is 0 Å². The molecule has 0 unspecified atom stereocenters. The van der Waals surface area contributed by atoms with E-state index in [-0.39, 0.29) is 23.7 Å². The Morgan fingerprint density at radius 2 is 1.63 bits per heavy atom. The van der Waals surface area contributed by atoms with E-state index in [9.17, 15) is 14.7 Å². The highest BCUT2D eigenvalue weighted by atomic mass is 16.4. The van der Waals surface area contributed by atoms with Gasteiger partial charge < -0.3 is 10.0 Å². The van der Waals surface area contributed by atoms with Crippen LogP contribution in [0, 0.1) is 23.7 Å². The zero-order valence-corrected chi connectivity index (χ0v) is 11.7. The molecular formula is C15H23NO3. The molecule has 0 aromatic heterocycles. The molecule has 1 amide bonds. The minimum absolute atomic E-state index is 0.0490. The van der Waals surface area contributed by atoms with Gasteiger partial charge >= 0.3 is 5.97 Å². The lowest BCUT2D eigenvalue weighted by atomic mass is 9.82. The highest BCUT2D eigenvalue weighted by Gasteiger charge is 2.52. The van der Waals surface area contributed by atoms with Crippen molar-refractivity contribution in [1.82, 2.24) is 4.90 Å². The second-order valence-electron chi connectivity index (χ2n) is 5.66. The smallest absolute Gasteiger partial charge is 0.307 e. The summed E-state index contributed by atoms with van der Waals surface area (Å²) < 4.78 is 0. The summed E-state index contributed by atoms with van der Waals surface area (Å²) in [7, 11) is 0. The number of rotatable bonds is 6. The SMILES string of the molecule is CCCN(CCC)C(=O)[C@H]1[C@@H](C(=O)O)[C@H]2C=C[C@H]1C2. The van der Waals surface area contributed by atoms with E-state index >= 15 is 0 Å². The summed E-state index contributed by atoms with van der Waals surface area (Å²) in [6.45, 7) is 5.56. The molecule has 106 valence electrons. The number of aliphatic carboxylic acids is 1. The largest absolute Gasteiger partial charge is 0.481 e. The Kier molecular flexibility index (Phi) is 4.27. The fraction of sp³-hybridized carbons (Fsp3) is 0.733. The molecule has 4 nitrogen and oxygen atoms in total. The average Bonchev–Trinajstić information content (AvgIpc) is 2.97. The van der Waals surface area contributed by atoms with Crippen molar-refractivity contribution in [2.24, 2.45) is 23.7 Å². The van der Waals surface area contributed by atoms with Crippen LogP contribution in [-0.2, 0) is 9.59 Å². The fourth-order valence-electron chi connectivity index (χ4n) is 3.58. The topological polar surface area (TPSA) is 57.6 Å². The normalized spacial score (nSPS) is 31.7. The molecule has 2 aliphatic rings. The Labute approximate surface area is 114 Å². The van der Waals surface area contributed by atoms with Crippen molar-refractivity contribution in [2.75, 3.05) is 13.1 Å². The number of hydrogen-bond acceptors (Lipinski definition) is 2. The lowest BCUT2D eigenvalue weighted by Gasteiger charge is -2.30. The number of amides is 1. The molecule has 2 bridgehead atoms. The highest BCUT2D eigenvalue weighted by molar-refractivity contribution is 5.87. The van der Waals surface area contributed by atoms with E-state index < -0.39 is 11.9 Å². The minimum atomic E-state index is -0.817. The van der Waals surface area contributed by atoms with Crippen molar-refractivity contribution in [3.05, 3.63) is 12.2 Å². The van der Waals surface area contributed by atoms with Gasteiger partial charge in [0.05, 0.1) is 11.8 Å². The molecular weight excluding hydrogens is 242 g/mol. The van der Waals surface area contributed by atoms with Crippen molar-refractivity contribution < 1.29 is 14.7 Å². The summed E-state index contributed by atoms with van der Waals surface area (Å²) in [5.41, 5.74) is 0. The molecule has 0 aliphatic heterocycles. The second kappa shape index (κ2) is 5.76. The molecule has 4 atom stereocenters. The molecule has 2 aliphatic carbocycles. The Balaban J connectivity index is 2.16. The van der Waals surface area contributed by atoms with E-state index in [2.05, 4.69) is 0 Å². The summed E-state index contributed by atoms with van der Waals surface area (Å²) >= 11 is 0. The Hall–Kier alpha value is -1.32. The number of carbonyl (C=O) groups is 2. The Morgan fingerprint density at radius 1 is 1.11 bits per heavy atom. The second-order valence-corrected chi connectivity index (χ2v) is 5.66. The molecule has 4 heteroatoms. The molecule has 1 saturated carbocycles. The first-order valence-corrected chi connectivity index (χ1v) is 7.30. The first-order valence-electron chi connectivity index (χ1n) is 7.30. The van der Waals surface area contributed by atoms with Gasteiger partial charge in [0, 0.05) is 13.1 Å². The van der Waals surface area contributed by atoms with E-state index in [1.54, 1.807) is 0 Å². The lowest BCUT2D eigenvalue weighted by Crippen LogP contribution is -2.43. The molecule has 0 radical (unpaired) electrons. The summed E-state index contributed by atoms with van der Waals surface area (Å²) in [5, 5.41) is 9.39. The van der Waals surface area contributed by atoms with Crippen LogP contribution in [0.15, 0.2) is 12.2 Å². The number of hydrogen-bond donors (Lipinski definition) is 1. The van der Waals surface area contributed by atoms with Crippen LogP contribution in [0.4, 0.5) is 0 Å². The fourth-order valence-corrected chi connectivity index (χ4v) is 3.58. The molecule has 2 rings (SSSR count). The summed E-state index contributed by atoms with van der Waals surface area (Å²) in [6, 6.07) is 0. The molecule has 1 N–H and O–H groups in total. The van der Waals surface area contributed by atoms with Gasteiger partial charge in [-0.15, -0.1) is 0 Å². The third-order valence-electron chi connectivity index (χ3n) is 4.33. The molecule has 0 spiro atoms. The molecule has 0 heterocycles. The van der Waals surface area contributed by atoms with Gasteiger partial charge in [-0.2, -0.15) is 0 Å². The van der Waals surface area contributed by atoms with Crippen LogP contribution in [-0.4, -0.2) is 35.0 Å². The van der Waals surface area contributed by atoms with Gasteiger partial charge in [-0.3, -0.25) is 9.59 Å². The predicted molar refractivity (Wildman–Crippen MR) is 72.5 cm³/mol. The molecule has 1 fully saturated rings. The maximum absolute atomic E-state index is 12.7. The van der Waals surface area contributed by atoms with Gasteiger partial charge in [-0.05, 0) is 31.1 Å². The number of nitrogens with zero attached hydrogens (tertiary/aromatic N) is 1. The van der Waals surface area contributed by atoms with Crippen LogP contribution in [0.1, 0.15) is 33.1 Å². The molecule has 0 saturated heterocycles. The van der Waals surface area contributed by atoms with E-state index in [1.807, 2.05) is 30.9 Å². The van der Waals surface area contributed by atoms with Crippen LogP contribution in [0.3, 0.4) is 0 Å². The monoisotopic (exact) mass is 265 g/mol. The molecule has 19 heavy (non-hydrogen) atoms. The maximum Gasteiger partial charge on any atom is 0.307 e. The van der Waals surface area contributed by atoms with E-state index in [0.29, 0.717) is 0 Å². The summed E-state index contributed by atoms with van der Waals surface area (Å²) in [4.78, 5) is 26.0. The van der Waals surface area contributed by atoms with Crippen LogP contribution >= 0.6 is 0 Å². The number of fused-ring (bicyclic) bond motifs is 2. The Morgan fingerprint density at radius 3 is 2.11 bits per heavy atom. The Bertz CT molecular complexity index is 385. The third kappa shape index (κ3) is 2.53. The number of carboxylic acid groups (broad SMARTS) is 1. The van der Waals surface area contributed by atoms with Gasteiger partial charge in [0.15, 0.2) is 0 Å². The standard InChI is InChI=1S/C15H23NO3/c1-3-7-16(8-4-2)14(17)12-10-5-6-11(9-10)13(12)15(18)19/h5-6,10-13H,3-4,7-9H2,1-2H3,(H,18,19)/t10-,11-,12+,13-/m0/s1. The van der Waals surface area contributed by atoms with Crippen molar-refractivity contribution >= 4 is 11.9 Å². The van der Waals surface area contributed by atoms with Crippen molar-refractivity contribution in [3.8, 4) is 0 Å². The van der Waals surface area contributed by atoms with E-state index in [0.717, 1.165) is 32.4 Å². The molecule has 0 aromatic rings. The van der Waals surface area contributed by atoms with Crippen LogP contribution < -0.4 is 0 Å². The quantitative estimate of drug-likeness (QED) is 0.749. The van der Waals surface area contributed by atoms with Crippen LogP contribution in [0.25, 0.3) is 0 Å². The predicted octanol–water partition coefficient (Wildman–Crippen LogP) is 2.16. The first kappa shape index (κ1) is 14.1. The van der Waals surface area contributed by atoms with Crippen LogP contribution in [0.2, 0.25) is 0 Å². The van der Waals surface area contributed by atoms with E-state index in [4.69, 9.17) is 0 Å². The van der Waals surface area contributed by atoms with Gasteiger partial charge in [0.25, 0.3) is 0 Å². The third-order valence-corrected chi connectivity index (χ3v) is 4.33. The first-order chi connectivity index (χ1) is 9.10. The van der Waals surface area contributed by atoms with Gasteiger partial charge in [0.2, 0.25) is 5.91 Å². The van der Waals surface area contributed by atoms with Gasteiger partial charge in [0.1, 0.15) is 0 Å². The van der Waals surface area contributed by atoms with Crippen molar-refractivity contribution in [2.45, 2.75) is 33.1 Å². The van der Waals surface area contributed by atoms with Crippen molar-refractivity contribution in [3.63, 3.8) is 0 Å². The number of carbonyl (C=O) groups excluding carboxylic acids is 1. The van der Waals surface area contributed by atoms with Gasteiger partial charge in [-0.1, -0.05) is 26.0 Å². The average molecular weight is 265 g/mol. The minimum Gasteiger partial charge on any atom is -0.481 e. The van der Waals surface area contributed by atoms with Crippen molar-refractivity contribution in [1.29, 1.82) is 0 Å². The lowest BCUT2D eigenvalue weighted by molar-refractivity contribution is -0.151. The highest BCUT2D eigenvalue weighted by Crippen LogP contribution is 2.48. The number of allylic oxidation sites excluding steroid dienone is 2. The summed E-state index contributed by atoms with van der Waals surface area (Å²) in [5.74, 6) is -1.43. The summed E-state index contributed by atoms with van der Waals surface area (Å²) in [6.07, 6.45) is 6.69. The number of carboxylic acids is 1. The van der Waals surface area contributed by atoms with Crippen LogP contribution in [0.5, 0.6) is 0 Å². The van der Waals surface area contributed by atoms with E-state index in [1.165, 1.54) is 0 Å². The maximum atomic E-state index is 12.7. The zero-order chi connectivity index (χ0) is 14.0. The zero-order valence-electron chi connectivity index (χ0n) is 11.7.